The molecule has 0 fully saturated rings. The highest BCUT2D eigenvalue weighted by atomic mass is 32.2. The van der Waals surface area contributed by atoms with Gasteiger partial charge in [0.25, 0.3) is 0 Å². The van der Waals surface area contributed by atoms with Gasteiger partial charge >= 0.3 is 5.76 Å². The Balaban J connectivity index is 1.82. The first-order valence-electron chi connectivity index (χ1n) is 6.58. The molecule has 8 heteroatoms. The molecule has 1 N–H and O–H groups in total. The number of hydrogen-bond donors (Lipinski definition) is 1. The van der Waals surface area contributed by atoms with Crippen LogP contribution in [0.25, 0.3) is 11.1 Å². The predicted octanol–water partition coefficient (Wildman–Crippen LogP) is 1.25. The van der Waals surface area contributed by atoms with Gasteiger partial charge in [-0.1, -0.05) is 0 Å². The first-order chi connectivity index (χ1) is 10.5. The fraction of sp³-hybridized carbons (Fsp3) is 0.214. The summed E-state index contributed by atoms with van der Waals surface area (Å²) >= 11 is 0. The Labute approximate surface area is 126 Å². The van der Waals surface area contributed by atoms with E-state index >= 15 is 0 Å². The molecule has 7 nitrogen and oxygen atoms in total. The molecule has 2 heterocycles. The summed E-state index contributed by atoms with van der Waals surface area (Å²) in [5.74, 6) is -0.530. The minimum atomic E-state index is -3.65. The highest BCUT2D eigenvalue weighted by Gasteiger charge is 2.16. The number of sulfonamides is 1. The van der Waals surface area contributed by atoms with Crippen molar-refractivity contribution < 1.29 is 17.3 Å². The van der Waals surface area contributed by atoms with Crippen LogP contribution in [0, 0.1) is 0 Å². The normalized spacial score (nSPS) is 12.0. The predicted molar refractivity (Wildman–Crippen MR) is 79.1 cm³/mol. The Morgan fingerprint density at radius 1 is 1.27 bits per heavy atom. The van der Waals surface area contributed by atoms with Gasteiger partial charge in [-0.15, -0.1) is 0 Å². The Morgan fingerprint density at radius 3 is 2.82 bits per heavy atom. The van der Waals surface area contributed by atoms with Crippen molar-refractivity contribution in [1.82, 2.24) is 9.29 Å². The monoisotopic (exact) mass is 322 g/mol. The topological polar surface area (TPSA) is 94.5 Å². The standard InChI is InChI=1S/C14H14N2O5S/c1-16-12-8-11(2-3-13(12)21-14(16)17)22(18,19)15-6-4-10-5-7-20-9-10/h2-3,5,7-9,15H,4,6H2,1H3. The Morgan fingerprint density at radius 2 is 2.09 bits per heavy atom. The zero-order chi connectivity index (χ0) is 15.7. The van der Waals surface area contributed by atoms with Crippen LogP contribution in [0.3, 0.4) is 0 Å². The van der Waals surface area contributed by atoms with Gasteiger partial charge in [-0.2, -0.15) is 0 Å². The molecule has 0 spiro atoms. The lowest BCUT2D eigenvalue weighted by molar-refractivity contribution is 0.528. The van der Waals surface area contributed by atoms with Crippen LogP contribution in [-0.2, 0) is 23.5 Å². The first kappa shape index (κ1) is 14.6. The van der Waals surface area contributed by atoms with Crippen molar-refractivity contribution in [3.8, 4) is 0 Å². The van der Waals surface area contributed by atoms with Crippen LogP contribution < -0.4 is 10.5 Å². The lowest BCUT2D eigenvalue weighted by Crippen LogP contribution is -2.26. The van der Waals surface area contributed by atoms with Gasteiger partial charge in [0.1, 0.15) is 0 Å². The van der Waals surface area contributed by atoms with Gasteiger partial charge in [0.05, 0.1) is 22.9 Å². The van der Waals surface area contributed by atoms with Gasteiger partial charge in [0.2, 0.25) is 10.0 Å². The van der Waals surface area contributed by atoms with Crippen molar-refractivity contribution in [2.45, 2.75) is 11.3 Å². The van der Waals surface area contributed by atoms with Crippen molar-refractivity contribution in [2.24, 2.45) is 7.05 Å². The summed E-state index contributed by atoms with van der Waals surface area (Å²) in [5.41, 5.74) is 1.70. The number of hydrogen-bond acceptors (Lipinski definition) is 5. The fourth-order valence-electron chi connectivity index (χ4n) is 2.12. The number of aromatic nitrogens is 1. The molecule has 0 aliphatic carbocycles. The molecule has 0 aliphatic rings. The average Bonchev–Trinajstić information content (AvgIpc) is 3.08. The maximum atomic E-state index is 12.3. The zero-order valence-electron chi connectivity index (χ0n) is 11.8. The van der Waals surface area contributed by atoms with Crippen LogP contribution >= 0.6 is 0 Å². The van der Waals surface area contributed by atoms with Crippen LogP contribution in [0.2, 0.25) is 0 Å². The third-order valence-corrected chi connectivity index (χ3v) is 4.82. The van der Waals surface area contributed by atoms with Gasteiger partial charge in [0, 0.05) is 13.6 Å². The smallest absolute Gasteiger partial charge is 0.419 e. The summed E-state index contributed by atoms with van der Waals surface area (Å²) in [6.07, 6.45) is 3.64. The number of furan rings is 1. The molecule has 2 aromatic heterocycles. The SMILES string of the molecule is Cn1c(=O)oc2ccc(S(=O)(=O)NCCc3ccoc3)cc21. The molecule has 0 radical (unpaired) electrons. The number of nitrogens with zero attached hydrogens (tertiary/aromatic N) is 1. The zero-order valence-corrected chi connectivity index (χ0v) is 12.6. The van der Waals surface area contributed by atoms with E-state index in [1.54, 1.807) is 12.3 Å². The molecule has 1 aromatic carbocycles. The van der Waals surface area contributed by atoms with E-state index in [2.05, 4.69) is 4.72 Å². The minimum Gasteiger partial charge on any atom is -0.472 e. The van der Waals surface area contributed by atoms with Crippen LogP contribution in [0.1, 0.15) is 5.56 Å². The van der Waals surface area contributed by atoms with Gasteiger partial charge in [-0.3, -0.25) is 4.57 Å². The second-order valence-corrected chi connectivity index (χ2v) is 6.60. The number of benzene rings is 1. The number of oxazole rings is 1. The third-order valence-electron chi connectivity index (χ3n) is 3.36. The Hall–Kier alpha value is -2.32. The second-order valence-electron chi connectivity index (χ2n) is 4.84. The van der Waals surface area contributed by atoms with E-state index in [9.17, 15) is 13.2 Å². The van der Waals surface area contributed by atoms with Gasteiger partial charge in [-0.05, 0) is 36.2 Å². The molecular weight excluding hydrogens is 308 g/mol. The molecule has 0 aliphatic heterocycles. The van der Waals surface area contributed by atoms with Crippen molar-refractivity contribution in [3.63, 3.8) is 0 Å². The molecule has 3 rings (SSSR count). The highest BCUT2D eigenvalue weighted by molar-refractivity contribution is 7.89. The third kappa shape index (κ3) is 2.70. The number of fused-ring (bicyclic) bond motifs is 1. The Bertz CT molecular complexity index is 951. The van der Waals surface area contributed by atoms with Gasteiger partial charge < -0.3 is 8.83 Å². The van der Waals surface area contributed by atoms with Crippen LogP contribution in [0.5, 0.6) is 0 Å². The van der Waals surface area contributed by atoms with Gasteiger partial charge in [0.15, 0.2) is 5.58 Å². The molecule has 3 aromatic rings. The molecule has 0 unspecified atom stereocenters. The molecule has 0 saturated carbocycles. The largest absolute Gasteiger partial charge is 0.472 e. The number of rotatable bonds is 5. The minimum absolute atomic E-state index is 0.0867. The van der Waals surface area contributed by atoms with E-state index in [4.69, 9.17) is 8.83 Å². The van der Waals surface area contributed by atoms with Gasteiger partial charge in [-0.25, -0.2) is 17.9 Å². The lowest BCUT2D eigenvalue weighted by Gasteiger charge is -2.06. The maximum Gasteiger partial charge on any atom is 0.419 e. The summed E-state index contributed by atoms with van der Waals surface area (Å²) in [5, 5.41) is 0. The lowest BCUT2D eigenvalue weighted by atomic mass is 10.2. The second kappa shape index (κ2) is 5.47. The molecule has 0 saturated heterocycles. The molecule has 0 amide bonds. The van der Waals surface area contributed by atoms with Crippen LogP contribution in [0.15, 0.2) is 55.3 Å². The van der Waals surface area contributed by atoms with E-state index in [-0.39, 0.29) is 11.4 Å². The summed E-state index contributed by atoms with van der Waals surface area (Å²) in [6, 6.07) is 6.08. The molecule has 22 heavy (non-hydrogen) atoms. The van der Waals surface area contributed by atoms with E-state index in [0.717, 1.165) is 5.56 Å². The van der Waals surface area contributed by atoms with E-state index in [1.807, 2.05) is 0 Å². The molecule has 0 atom stereocenters. The summed E-state index contributed by atoms with van der Waals surface area (Å²) < 4.78 is 38.2. The van der Waals surface area contributed by atoms with Crippen molar-refractivity contribution in [1.29, 1.82) is 0 Å². The van der Waals surface area contributed by atoms with Crippen LogP contribution in [-0.4, -0.2) is 19.5 Å². The van der Waals surface area contributed by atoms with Crippen molar-refractivity contribution >= 4 is 21.1 Å². The summed E-state index contributed by atoms with van der Waals surface area (Å²) in [6.45, 7) is 0.254. The van der Waals surface area contributed by atoms with Crippen molar-refractivity contribution in [3.05, 3.63) is 52.9 Å². The quantitative estimate of drug-likeness (QED) is 0.763. The van der Waals surface area contributed by atoms with E-state index in [0.29, 0.717) is 17.5 Å². The van der Waals surface area contributed by atoms with Crippen LogP contribution in [0.4, 0.5) is 0 Å². The molecule has 116 valence electrons. The van der Waals surface area contributed by atoms with Crippen molar-refractivity contribution in [2.75, 3.05) is 6.54 Å². The number of nitrogens with one attached hydrogen (secondary N) is 1. The van der Waals surface area contributed by atoms with E-state index in [1.165, 1.54) is 36.1 Å². The summed E-state index contributed by atoms with van der Waals surface area (Å²) in [7, 11) is -2.13. The maximum absolute atomic E-state index is 12.3. The highest BCUT2D eigenvalue weighted by Crippen LogP contribution is 2.17. The molecule has 0 bridgehead atoms. The fourth-order valence-corrected chi connectivity index (χ4v) is 3.17. The first-order valence-corrected chi connectivity index (χ1v) is 8.06. The number of aryl methyl sites for hydroxylation is 1. The summed E-state index contributed by atoms with van der Waals surface area (Å²) in [4.78, 5) is 11.5. The molecular formula is C14H14N2O5S. The average molecular weight is 322 g/mol. The van der Waals surface area contributed by atoms with E-state index < -0.39 is 15.8 Å². The Kier molecular flexibility index (Phi) is 3.63.